The van der Waals surface area contributed by atoms with Crippen LogP contribution in [0.2, 0.25) is 0 Å². The molecule has 0 aliphatic rings. The van der Waals surface area contributed by atoms with Crippen LogP contribution in [-0.4, -0.2) is 31.0 Å². The number of carbonyl (C=O) groups is 1. The third-order valence-corrected chi connectivity index (χ3v) is 7.14. The van der Waals surface area contributed by atoms with Crippen molar-refractivity contribution in [1.82, 2.24) is 4.98 Å². The maximum Gasteiger partial charge on any atom is 0.416 e. The summed E-state index contributed by atoms with van der Waals surface area (Å²) in [6.07, 6.45) is -0.946. The Morgan fingerprint density at radius 2 is 1.87 bits per heavy atom. The molecule has 0 radical (unpaired) electrons. The normalized spacial score (nSPS) is 12.2. The number of hydrogen-bond acceptors (Lipinski definition) is 5. The van der Waals surface area contributed by atoms with Gasteiger partial charge in [0.05, 0.1) is 11.3 Å². The van der Waals surface area contributed by atoms with Crippen LogP contribution in [0.1, 0.15) is 36.1 Å². The van der Waals surface area contributed by atoms with Crippen LogP contribution in [-0.2, 0) is 27.6 Å². The number of sulfonamides is 1. The number of alkyl halides is 3. The number of halogens is 3. The Balaban J connectivity index is 2.05. The second kappa shape index (κ2) is 11.7. The summed E-state index contributed by atoms with van der Waals surface area (Å²) in [4.78, 5) is 14.7. The third kappa shape index (κ3) is 7.12. The van der Waals surface area contributed by atoms with Gasteiger partial charge in [-0.3, -0.25) is 4.31 Å². The molecule has 7 nitrogen and oxygen atoms in total. The van der Waals surface area contributed by atoms with E-state index in [0.717, 1.165) is 28.6 Å². The van der Waals surface area contributed by atoms with Crippen molar-refractivity contribution in [2.45, 2.75) is 38.6 Å². The van der Waals surface area contributed by atoms with Gasteiger partial charge in [0.25, 0.3) is 10.0 Å². The van der Waals surface area contributed by atoms with Crippen LogP contribution in [0.5, 0.6) is 5.75 Å². The number of anilines is 1. The summed E-state index contributed by atoms with van der Waals surface area (Å²) in [5, 5.41) is 8.56. The number of ether oxygens (including phenoxy) is 1. The van der Waals surface area contributed by atoms with E-state index in [9.17, 15) is 26.4 Å². The Bertz CT molecular complexity index is 1420. The van der Waals surface area contributed by atoms with Gasteiger partial charge in [-0.05, 0) is 65.9 Å². The van der Waals surface area contributed by atoms with E-state index < -0.39 is 27.7 Å². The number of aliphatic carboxylic acids is 1. The van der Waals surface area contributed by atoms with Gasteiger partial charge in [-0.2, -0.15) is 21.6 Å². The summed E-state index contributed by atoms with van der Waals surface area (Å²) in [5.74, 6) is -1.52. The molecule has 202 valence electrons. The number of pyridine rings is 1. The van der Waals surface area contributed by atoms with Crippen LogP contribution in [0, 0.1) is 12.8 Å². The first-order valence-electron chi connectivity index (χ1n) is 11.6. The fraction of sp³-hybridized carbons (Fsp3) is 0.259. The van der Waals surface area contributed by atoms with E-state index in [1.165, 1.54) is 24.4 Å². The molecule has 1 aromatic heterocycles. The van der Waals surface area contributed by atoms with E-state index in [4.69, 9.17) is 9.84 Å². The Morgan fingerprint density at radius 1 is 1.13 bits per heavy atom. The van der Waals surface area contributed by atoms with E-state index in [2.05, 4.69) is 4.98 Å². The highest BCUT2D eigenvalue weighted by molar-refractivity contribution is 7.92. The highest BCUT2D eigenvalue weighted by Crippen LogP contribution is 2.39. The number of hydrogen-bond donors (Lipinski definition) is 1. The first-order valence-corrected chi connectivity index (χ1v) is 13.0. The van der Waals surface area contributed by atoms with Crippen LogP contribution in [0.3, 0.4) is 0 Å². The van der Waals surface area contributed by atoms with Crippen molar-refractivity contribution in [1.29, 1.82) is 0 Å². The quantitative estimate of drug-likeness (QED) is 0.315. The molecule has 0 amide bonds. The fourth-order valence-electron chi connectivity index (χ4n) is 3.59. The average Bonchev–Trinajstić information content (AvgIpc) is 2.85. The molecular weight excluding hydrogens is 521 g/mol. The number of carboxylic acid groups (broad SMARTS) is 1. The molecular formula is C27H27F3N2O5S. The molecule has 0 fully saturated rings. The summed E-state index contributed by atoms with van der Waals surface area (Å²) in [6.45, 7) is 5.15. The topological polar surface area (TPSA) is 96.8 Å². The maximum absolute atomic E-state index is 13.6. The van der Waals surface area contributed by atoms with Gasteiger partial charge in [-0.1, -0.05) is 38.1 Å². The monoisotopic (exact) mass is 548 g/mol. The van der Waals surface area contributed by atoms with Crippen molar-refractivity contribution < 1.29 is 36.2 Å². The standard InChI is InChI=1S/C27H27F3N2O5S/c1-18(2)16-32(38(35,36)25-6-4-5-13-31-25)23-11-10-22(27(28,29)30)15-24(23)37-17-21-9-7-20(14-19(21)3)8-12-26(33)34/h4-15,18H,16-17H2,1-3H3,(H,33,34). The van der Waals surface area contributed by atoms with E-state index >= 15 is 0 Å². The summed E-state index contributed by atoms with van der Waals surface area (Å²) < 4.78 is 74.6. The molecule has 0 saturated heterocycles. The van der Waals surface area contributed by atoms with Gasteiger partial charge < -0.3 is 9.84 Å². The van der Waals surface area contributed by atoms with Crippen LogP contribution >= 0.6 is 0 Å². The van der Waals surface area contributed by atoms with E-state index in [1.54, 1.807) is 45.0 Å². The number of nitrogens with zero attached hydrogens (tertiary/aromatic N) is 2. The van der Waals surface area contributed by atoms with Crippen LogP contribution in [0.4, 0.5) is 18.9 Å². The molecule has 3 aromatic rings. The zero-order valence-corrected chi connectivity index (χ0v) is 21.8. The van der Waals surface area contributed by atoms with Gasteiger partial charge in [-0.15, -0.1) is 0 Å². The van der Waals surface area contributed by atoms with Crippen LogP contribution < -0.4 is 9.04 Å². The number of rotatable bonds is 10. The Morgan fingerprint density at radius 3 is 2.45 bits per heavy atom. The van der Waals surface area contributed by atoms with Crippen LogP contribution in [0.15, 0.2) is 71.9 Å². The van der Waals surface area contributed by atoms with Crippen molar-refractivity contribution >= 4 is 27.8 Å². The van der Waals surface area contributed by atoms with Crippen molar-refractivity contribution in [2.24, 2.45) is 5.92 Å². The fourth-order valence-corrected chi connectivity index (χ4v) is 5.16. The second-order valence-corrected chi connectivity index (χ2v) is 10.7. The lowest BCUT2D eigenvalue weighted by molar-refractivity contribution is -0.137. The zero-order chi connectivity index (χ0) is 28.1. The molecule has 0 atom stereocenters. The van der Waals surface area contributed by atoms with E-state index in [1.807, 2.05) is 0 Å². The first kappa shape index (κ1) is 28.7. The smallest absolute Gasteiger partial charge is 0.416 e. The number of aryl methyl sites for hydroxylation is 1. The summed E-state index contributed by atoms with van der Waals surface area (Å²) in [5.41, 5.74) is 0.936. The molecule has 1 N–H and O–H groups in total. The van der Waals surface area contributed by atoms with E-state index in [0.29, 0.717) is 16.7 Å². The van der Waals surface area contributed by atoms with Gasteiger partial charge in [0.2, 0.25) is 0 Å². The van der Waals surface area contributed by atoms with Gasteiger partial charge in [0.1, 0.15) is 12.4 Å². The Kier molecular flexibility index (Phi) is 8.82. The minimum absolute atomic E-state index is 0.0235. The second-order valence-electron chi connectivity index (χ2n) is 8.92. The molecule has 0 aliphatic carbocycles. The minimum Gasteiger partial charge on any atom is -0.487 e. The molecule has 1 heterocycles. The lowest BCUT2D eigenvalue weighted by Crippen LogP contribution is -2.35. The molecule has 11 heteroatoms. The Hall–Kier alpha value is -3.86. The molecule has 3 rings (SSSR count). The van der Waals surface area contributed by atoms with Crippen LogP contribution in [0.25, 0.3) is 6.08 Å². The van der Waals surface area contributed by atoms with Gasteiger partial charge in [0, 0.05) is 18.8 Å². The lowest BCUT2D eigenvalue weighted by atomic mass is 10.1. The predicted octanol–water partition coefficient (Wildman–Crippen LogP) is 5.94. The van der Waals surface area contributed by atoms with Gasteiger partial charge in [-0.25, -0.2) is 9.78 Å². The Labute approximate surface area is 219 Å². The molecule has 38 heavy (non-hydrogen) atoms. The maximum atomic E-state index is 13.6. The highest BCUT2D eigenvalue weighted by atomic mass is 32.2. The van der Waals surface area contributed by atoms with Crippen molar-refractivity contribution in [3.8, 4) is 5.75 Å². The lowest BCUT2D eigenvalue weighted by Gasteiger charge is -2.28. The SMILES string of the molecule is Cc1cc(C=CC(=O)O)ccc1COc1cc(C(F)(F)F)ccc1N(CC(C)C)S(=O)(=O)c1ccccn1. The van der Waals surface area contributed by atoms with Crippen molar-refractivity contribution in [3.05, 3.63) is 89.1 Å². The average molecular weight is 549 g/mol. The molecule has 2 aromatic carbocycles. The first-order chi connectivity index (χ1) is 17.8. The zero-order valence-electron chi connectivity index (χ0n) is 20.9. The highest BCUT2D eigenvalue weighted by Gasteiger charge is 2.34. The van der Waals surface area contributed by atoms with Crippen molar-refractivity contribution in [3.63, 3.8) is 0 Å². The predicted molar refractivity (Wildman–Crippen MR) is 137 cm³/mol. The largest absolute Gasteiger partial charge is 0.487 e. The van der Waals surface area contributed by atoms with E-state index in [-0.39, 0.29) is 35.5 Å². The number of carboxylic acids is 1. The molecule has 0 bridgehead atoms. The molecule has 0 saturated carbocycles. The number of benzene rings is 2. The summed E-state index contributed by atoms with van der Waals surface area (Å²) in [7, 11) is -4.22. The molecule has 0 unspecified atom stereocenters. The summed E-state index contributed by atoms with van der Waals surface area (Å²) >= 11 is 0. The summed E-state index contributed by atoms with van der Waals surface area (Å²) in [6, 6.07) is 12.1. The van der Waals surface area contributed by atoms with Gasteiger partial charge in [0.15, 0.2) is 5.03 Å². The third-order valence-electron chi connectivity index (χ3n) is 5.45. The van der Waals surface area contributed by atoms with Crippen molar-refractivity contribution in [2.75, 3.05) is 10.8 Å². The molecule has 0 spiro atoms. The van der Waals surface area contributed by atoms with Gasteiger partial charge >= 0.3 is 12.1 Å². The number of aromatic nitrogens is 1. The minimum atomic E-state index is -4.67. The molecule has 0 aliphatic heterocycles.